The van der Waals surface area contributed by atoms with E-state index < -0.39 is 0 Å². The number of aromatic nitrogens is 4. The molecule has 3 aromatic heterocycles. The van der Waals surface area contributed by atoms with Crippen LogP contribution < -0.4 is 9.97 Å². The Bertz CT molecular complexity index is 1730. The van der Waals surface area contributed by atoms with Crippen molar-refractivity contribution >= 4 is 39.2 Å². The van der Waals surface area contributed by atoms with Gasteiger partial charge < -0.3 is 14.7 Å². The van der Waals surface area contributed by atoms with Crippen molar-refractivity contribution in [1.82, 2.24) is 19.9 Å². The maximum atomic E-state index is 13.1. The molecule has 0 spiro atoms. The number of ether oxygens (including phenoxy) is 1. The van der Waals surface area contributed by atoms with Crippen molar-refractivity contribution in [3.8, 4) is 0 Å². The first-order chi connectivity index (χ1) is 18.8. The molecule has 0 fully saturated rings. The second-order valence-electron chi connectivity index (χ2n) is 11.1. The summed E-state index contributed by atoms with van der Waals surface area (Å²) in [6.07, 6.45) is 4.74. The third kappa shape index (κ3) is 4.25. The predicted molar refractivity (Wildman–Crippen MR) is 156 cm³/mol. The van der Waals surface area contributed by atoms with Crippen molar-refractivity contribution in [2.75, 3.05) is 7.11 Å². The molecule has 5 heterocycles. The fraction of sp³-hybridized carbons (Fsp3) is 0.424. The van der Waals surface area contributed by atoms with Gasteiger partial charge in [0, 0.05) is 28.8 Å². The van der Waals surface area contributed by atoms with Crippen molar-refractivity contribution in [3.05, 3.63) is 68.8 Å². The number of aryl methyl sites for hydroxylation is 4. The molecule has 0 saturated carbocycles. The molecule has 40 heavy (non-hydrogen) atoms. The van der Waals surface area contributed by atoms with Crippen LogP contribution in [0.3, 0.4) is 0 Å². The van der Waals surface area contributed by atoms with Crippen molar-refractivity contribution in [2.24, 2.45) is 0 Å². The SMILES string of the molecule is CCC1=C(C)c2cc3[n-]c(cc4nc5c(c6[n-]c(cc1n2)c(C)c6C(=O)OC)CCC[C@H]5[C@@H]4C)c(C)c3CC.[Ni+2]. The average Bonchev–Trinajstić information content (AvgIpc) is 3.61. The van der Waals surface area contributed by atoms with Crippen molar-refractivity contribution < 1.29 is 26.0 Å². The van der Waals surface area contributed by atoms with Crippen LogP contribution in [0.1, 0.15) is 114 Å². The standard InChI is InChI=1S/C33H37N4O2.Ni/c1-8-20-16(3)24-13-26-18(5)22-11-10-12-23(31(22)36-26)32-30(33(38)39-7)19(6)27(37-32)15-29-21(9-2)17(4)25(35-29)14-28(20)34-24;/h13-15,18,22H,8-12H2,1-7H3,(H-,34,35,36,37,38);/q-1;+2/p-1/t18-,22-;/m0./s1. The van der Waals surface area contributed by atoms with E-state index in [9.17, 15) is 4.79 Å². The van der Waals surface area contributed by atoms with Crippen LogP contribution in [0.25, 0.3) is 33.2 Å². The van der Waals surface area contributed by atoms with E-state index in [0.29, 0.717) is 11.5 Å². The summed E-state index contributed by atoms with van der Waals surface area (Å²) in [7, 11) is 1.44. The van der Waals surface area contributed by atoms with E-state index in [0.717, 1.165) is 93.6 Å². The smallest absolute Gasteiger partial charge is 0.657 e. The summed E-state index contributed by atoms with van der Waals surface area (Å²) in [6.45, 7) is 12.9. The van der Waals surface area contributed by atoms with Crippen LogP contribution in [0.5, 0.6) is 0 Å². The summed E-state index contributed by atoms with van der Waals surface area (Å²) in [4.78, 5) is 33.7. The number of allylic oxidation sites excluding steroid dienone is 2. The zero-order valence-electron chi connectivity index (χ0n) is 24.3. The average molecular weight is 579 g/mol. The molecule has 0 amide bonds. The number of hydrogen-bond acceptors (Lipinski definition) is 4. The van der Waals surface area contributed by atoms with Crippen LogP contribution in [0.15, 0.2) is 18.2 Å². The van der Waals surface area contributed by atoms with Gasteiger partial charge >= 0.3 is 22.5 Å². The summed E-state index contributed by atoms with van der Waals surface area (Å²) in [6, 6.07) is 6.36. The van der Waals surface area contributed by atoms with E-state index >= 15 is 0 Å². The van der Waals surface area contributed by atoms with Crippen molar-refractivity contribution in [3.63, 3.8) is 0 Å². The Hall–Kier alpha value is -3.18. The second kappa shape index (κ2) is 10.7. The molecule has 0 unspecified atom stereocenters. The fourth-order valence-electron chi connectivity index (χ4n) is 6.82. The molecule has 6 rings (SSSR count). The Balaban J connectivity index is 0.00000323. The number of carbonyl (C=O) groups is 1. The molecule has 0 saturated heterocycles. The Labute approximate surface area is 246 Å². The molecular formula is C33H36N4NiO2. The molecule has 6 nitrogen and oxygen atoms in total. The molecule has 7 heteroatoms. The van der Waals surface area contributed by atoms with Gasteiger partial charge in [-0.3, -0.25) is 4.98 Å². The van der Waals surface area contributed by atoms with Gasteiger partial charge in [-0.05, 0) is 69.6 Å². The maximum Gasteiger partial charge on any atom is 2.00 e. The van der Waals surface area contributed by atoms with Crippen LogP contribution in [-0.2, 0) is 34.1 Å². The van der Waals surface area contributed by atoms with Gasteiger partial charge in [0.2, 0.25) is 0 Å². The van der Waals surface area contributed by atoms with Gasteiger partial charge in [0.1, 0.15) is 0 Å². The number of rotatable bonds is 3. The maximum absolute atomic E-state index is 13.1. The van der Waals surface area contributed by atoms with Gasteiger partial charge in [-0.25, -0.2) is 9.78 Å². The van der Waals surface area contributed by atoms with Gasteiger partial charge in [-0.2, -0.15) is 0 Å². The van der Waals surface area contributed by atoms with Crippen LogP contribution in [-0.4, -0.2) is 23.0 Å². The molecule has 2 atom stereocenters. The minimum Gasteiger partial charge on any atom is -0.657 e. The van der Waals surface area contributed by atoms with Gasteiger partial charge in [0.25, 0.3) is 0 Å². The largest absolute Gasteiger partial charge is 2.00 e. The number of methoxy groups -OCH3 is 1. The van der Waals surface area contributed by atoms with Crippen LogP contribution in [0.2, 0.25) is 0 Å². The summed E-state index contributed by atoms with van der Waals surface area (Å²) < 4.78 is 5.26. The van der Waals surface area contributed by atoms with E-state index in [1.165, 1.54) is 23.8 Å². The third-order valence-electron chi connectivity index (χ3n) is 9.14. The quantitative estimate of drug-likeness (QED) is 0.243. The molecule has 1 aliphatic carbocycles. The first-order valence-electron chi connectivity index (χ1n) is 14.2. The summed E-state index contributed by atoms with van der Waals surface area (Å²) >= 11 is 0. The van der Waals surface area contributed by atoms with E-state index in [1.807, 2.05) is 13.0 Å². The van der Waals surface area contributed by atoms with Crippen LogP contribution in [0, 0.1) is 13.8 Å². The fourth-order valence-corrected chi connectivity index (χ4v) is 6.82. The predicted octanol–water partition coefficient (Wildman–Crippen LogP) is 7.10. The second-order valence-corrected chi connectivity index (χ2v) is 11.1. The van der Waals surface area contributed by atoms with Crippen molar-refractivity contribution in [1.29, 1.82) is 0 Å². The Morgan fingerprint density at radius 3 is 2.40 bits per heavy atom. The number of nitrogens with zero attached hydrogens (tertiary/aromatic N) is 4. The van der Waals surface area contributed by atoms with E-state index in [1.54, 1.807) is 0 Å². The van der Waals surface area contributed by atoms with Gasteiger partial charge in [0.05, 0.1) is 18.5 Å². The number of hydrogen-bond donors (Lipinski definition) is 0. The van der Waals surface area contributed by atoms with Gasteiger partial charge in [-0.1, -0.05) is 55.7 Å². The molecule has 0 aromatic carbocycles. The monoisotopic (exact) mass is 578 g/mol. The summed E-state index contributed by atoms with van der Waals surface area (Å²) in [5.41, 5.74) is 14.7. The Kier molecular flexibility index (Phi) is 7.56. The minimum absolute atomic E-state index is 0. The molecular weight excluding hydrogens is 543 g/mol. The van der Waals surface area contributed by atoms with Gasteiger partial charge in [0.15, 0.2) is 0 Å². The first kappa shape index (κ1) is 28.4. The Morgan fingerprint density at radius 2 is 1.70 bits per heavy atom. The van der Waals surface area contributed by atoms with Crippen molar-refractivity contribution in [2.45, 2.75) is 85.5 Å². The van der Waals surface area contributed by atoms with E-state index in [-0.39, 0.29) is 28.4 Å². The molecule has 0 radical (unpaired) electrons. The van der Waals surface area contributed by atoms with E-state index in [2.05, 4.69) is 46.8 Å². The number of esters is 1. The molecule has 2 aliphatic heterocycles. The molecule has 3 aromatic rings. The topological polar surface area (TPSA) is 80.3 Å². The van der Waals surface area contributed by atoms with Gasteiger partial charge in [-0.15, -0.1) is 22.1 Å². The van der Waals surface area contributed by atoms with Crippen LogP contribution in [0.4, 0.5) is 0 Å². The molecule has 3 aliphatic rings. The normalized spacial score (nSPS) is 18.1. The zero-order valence-corrected chi connectivity index (χ0v) is 25.3. The summed E-state index contributed by atoms with van der Waals surface area (Å²) in [5.74, 6) is 0.235. The minimum atomic E-state index is -0.350. The third-order valence-corrected chi connectivity index (χ3v) is 9.14. The van der Waals surface area contributed by atoms with Crippen LogP contribution >= 0.6 is 0 Å². The van der Waals surface area contributed by atoms with E-state index in [4.69, 9.17) is 24.7 Å². The zero-order chi connectivity index (χ0) is 27.6. The number of fused-ring (bicyclic) bond motifs is 8. The number of carbonyl (C=O) groups excluding carboxylic acids is 1. The Morgan fingerprint density at radius 1 is 0.975 bits per heavy atom. The molecule has 8 bridgehead atoms. The first-order valence-corrected chi connectivity index (χ1v) is 14.2. The molecule has 0 N–H and O–H groups in total. The summed E-state index contributed by atoms with van der Waals surface area (Å²) in [5, 5.41) is 0. The molecule has 210 valence electrons.